The van der Waals surface area contributed by atoms with Gasteiger partial charge in [0, 0.05) is 17.6 Å². The lowest BCUT2D eigenvalue weighted by Crippen LogP contribution is -2.62. The molecule has 0 amide bonds. The van der Waals surface area contributed by atoms with Gasteiger partial charge in [0.05, 0.1) is 11.5 Å². The molecule has 6 unspecified atom stereocenters. The lowest BCUT2D eigenvalue weighted by molar-refractivity contribution is -0.335. The summed E-state index contributed by atoms with van der Waals surface area (Å²) in [4.78, 5) is 2.82. The number of azide groups is 1. The molecule has 2 aliphatic rings. The second kappa shape index (κ2) is 9.55. The van der Waals surface area contributed by atoms with Crippen molar-refractivity contribution < 1.29 is 31.5 Å². The molecule has 0 N–H and O–H groups in total. The van der Waals surface area contributed by atoms with Gasteiger partial charge in [0.25, 0.3) is 10.1 Å². The third-order valence-corrected chi connectivity index (χ3v) is 6.67. The molecule has 170 valence electrons. The van der Waals surface area contributed by atoms with Crippen LogP contribution in [-0.4, -0.2) is 52.8 Å². The Balaban J connectivity index is 1.68. The van der Waals surface area contributed by atoms with Crippen LogP contribution in [0.3, 0.4) is 0 Å². The topological polar surface area (TPSA) is 129 Å². The largest absolute Gasteiger partial charge is 0.355 e. The Morgan fingerprint density at radius 2 is 1.81 bits per heavy atom. The van der Waals surface area contributed by atoms with Gasteiger partial charge in [0.15, 0.2) is 12.6 Å². The Hall–Kier alpha value is -2.50. The number of rotatable bonds is 6. The van der Waals surface area contributed by atoms with Crippen molar-refractivity contribution in [1.82, 2.24) is 0 Å². The number of ether oxygens (including phenoxy) is 4. The Kier molecular flexibility index (Phi) is 6.77. The first-order chi connectivity index (χ1) is 15.4. The van der Waals surface area contributed by atoms with E-state index in [1.807, 2.05) is 37.3 Å². The number of benzene rings is 2. The highest BCUT2D eigenvalue weighted by Gasteiger charge is 2.52. The fourth-order valence-corrected chi connectivity index (χ4v) is 4.83. The van der Waals surface area contributed by atoms with Gasteiger partial charge in [-0.05, 0) is 24.6 Å². The van der Waals surface area contributed by atoms with Crippen LogP contribution < -0.4 is 0 Å². The molecule has 0 spiro atoms. The SMILES string of the molecule is COC1OC2COC(c3ccccc3)OC2C(OS(=O)(=O)c2ccc(C)cc2)C1N=[N+]=[N-]. The lowest BCUT2D eigenvalue weighted by atomic mass is 9.96. The maximum Gasteiger partial charge on any atom is 0.297 e. The zero-order valence-electron chi connectivity index (χ0n) is 17.5. The maximum atomic E-state index is 13.1. The fourth-order valence-electron chi connectivity index (χ4n) is 3.73. The van der Waals surface area contributed by atoms with Crippen molar-refractivity contribution in [2.45, 2.75) is 48.8 Å². The molecule has 0 aromatic heterocycles. The maximum absolute atomic E-state index is 13.1. The fraction of sp³-hybridized carbons (Fsp3) is 0.429. The van der Waals surface area contributed by atoms with E-state index in [2.05, 4.69) is 10.0 Å². The number of nitrogens with zero attached hydrogens (tertiary/aromatic N) is 3. The summed E-state index contributed by atoms with van der Waals surface area (Å²) in [6.07, 6.45) is -4.58. The number of aryl methyl sites for hydroxylation is 1. The molecule has 6 atom stereocenters. The van der Waals surface area contributed by atoms with E-state index in [4.69, 9.17) is 28.7 Å². The van der Waals surface area contributed by atoms with Gasteiger partial charge in [0.2, 0.25) is 0 Å². The Morgan fingerprint density at radius 3 is 2.47 bits per heavy atom. The van der Waals surface area contributed by atoms with Gasteiger partial charge in [0.1, 0.15) is 24.4 Å². The molecule has 32 heavy (non-hydrogen) atoms. The van der Waals surface area contributed by atoms with Gasteiger partial charge >= 0.3 is 0 Å². The second-order valence-corrected chi connectivity index (χ2v) is 9.05. The molecule has 10 nitrogen and oxygen atoms in total. The lowest BCUT2D eigenvalue weighted by Gasteiger charge is -2.47. The third-order valence-electron chi connectivity index (χ3n) is 5.34. The summed E-state index contributed by atoms with van der Waals surface area (Å²) in [6.45, 7) is 1.96. The van der Waals surface area contributed by atoms with Crippen molar-refractivity contribution in [3.63, 3.8) is 0 Å². The van der Waals surface area contributed by atoms with Crippen molar-refractivity contribution in [2.24, 2.45) is 5.11 Å². The molecule has 2 fully saturated rings. The van der Waals surface area contributed by atoms with Crippen LogP contribution >= 0.6 is 0 Å². The summed E-state index contributed by atoms with van der Waals surface area (Å²) in [6, 6.07) is 14.3. The van der Waals surface area contributed by atoms with Crippen LogP contribution in [0.2, 0.25) is 0 Å². The van der Waals surface area contributed by atoms with Gasteiger partial charge in [-0.25, -0.2) is 0 Å². The molecule has 2 saturated heterocycles. The summed E-state index contributed by atoms with van der Waals surface area (Å²) in [5.74, 6) is 0. The third kappa shape index (κ3) is 4.64. The van der Waals surface area contributed by atoms with Crippen molar-refractivity contribution in [3.8, 4) is 0 Å². The minimum absolute atomic E-state index is 0.0218. The van der Waals surface area contributed by atoms with Crippen LogP contribution in [0.25, 0.3) is 10.4 Å². The monoisotopic (exact) mass is 461 g/mol. The number of methoxy groups -OCH3 is 1. The minimum Gasteiger partial charge on any atom is -0.355 e. The van der Waals surface area contributed by atoms with E-state index in [0.29, 0.717) is 0 Å². The van der Waals surface area contributed by atoms with Gasteiger partial charge < -0.3 is 18.9 Å². The smallest absolute Gasteiger partial charge is 0.297 e. The van der Waals surface area contributed by atoms with Crippen LogP contribution in [0.15, 0.2) is 64.6 Å². The predicted octanol–water partition coefficient (Wildman–Crippen LogP) is 3.23. The highest BCUT2D eigenvalue weighted by molar-refractivity contribution is 7.86. The number of fused-ring (bicyclic) bond motifs is 1. The number of hydrogen-bond donors (Lipinski definition) is 0. The van der Waals surface area contributed by atoms with E-state index >= 15 is 0 Å². The molecule has 4 rings (SSSR count). The van der Waals surface area contributed by atoms with E-state index in [9.17, 15) is 8.42 Å². The van der Waals surface area contributed by atoms with Crippen LogP contribution in [0.5, 0.6) is 0 Å². The van der Waals surface area contributed by atoms with E-state index in [-0.39, 0.29) is 11.5 Å². The Bertz CT molecular complexity index is 1070. The summed E-state index contributed by atoms with van der Waals surface area (Å²) in [5.41, 5.74) is 10.8. The van der Waals surface area contributed by atoms with Crippen LogP contribution in [0.4, 0.5) is 0 Å². The predicted molar refractivity (Wildman–Crippen MR) is 112 cm³/mol. The highest BCUT2D eigenvalue weighted by Crippen LogP contribution is 2.37. The Labute approximate surface area is 185 Å². The summed E-state index contributed by atoms with van der Waals surface area (Å²) < 4.78 is 54.8. The molecular weight excluding hydrogens is 438 g/mol. The highest BCUT2D eigenvalue weighted by atomic mass is 32.2. The molecule has 0 radical (unpaired) electrons. The molecule has 0 aliphatic carbocycles. The van der Waals surface area contributed by atoms with Crippen molar-refractivity contribution in [2.75, 3.05) is 13.7 Å². The van der Waals surface area contributed by atoms with E-state index in [0.717, 1.165) is 11.1 Å². The summed E-state index contributed by atoms with van der Waals surface area (Å²) in [7, 11) is -2.84. The normalized spacial score (nSPS) is 30.2. The quantitative estimate of drug-likeness (QED) is 0.279. The van der Waals surface area contributed by atoms with Crippen LogP contribution in [-0.2, 0) is 33.2 Å². The Morgan fingerprint density at radius 1 is 1.09 bits per heavy atom. The molecule has 11 heteroatoms. The van der Waals surface area contributed by atoms with Gasteiger partial charge in [-0.15, -0.1) is 0 Å². The van der Waals surface area contributed by atoms with E-state index < -0.39 is 47.1 Å². The van der Waals surface area contributed by atoms with Crippen molar-refractivity contribution in [3.05, 3.63) is 76.2 Å². The first-order valence-corrected chi connectivity index (χ1v) is 11.4. The first kappa shape index (κ1) is 22.7. The zero-order chi connectivity index (χ0) is 22.7. The molecule has 2 aromatic carbocycles. The first-order valence-electron chi connectivity index (χ1n) is 9.97. The van der Waals surface area contributed by atoms with Gasteiger partial charge in [-0.1, -0.05) is 53.1 Å². The second-order valence-electron chi connectivity index (χ2n) is 7.48. The average molecular weight is 461 g/mol. The molecule has 2 aliphatic heterocycles. The van der Waals surface area contributed by atoms with Gasteiger partial charge in [-0.2, -0.15) is 8.42 Å². The van der Waals surface area contributed by atoms with Crippen molar-refractivity contribution >= 4 is 10.1 Å². The molecular formula is C21H23N3O7S. The van der Waals surface area contributed by atoms with Crippen LogP contribution in [0.1, 0.15) is 17.4 Å². The summed E-state index contributed by atoms with van der Waals surface area (Å²) in [5, 5.41) is 3.72. The zero-order valence-corrected chi connectivity index (χ0v) is 18.3. The summed E-state index contributed by atoms with van der Waals surface area (Å²) >= 11 is 0. The molecule has 2 heterocycles. The molecule has 0 bridgehead atoms. The van der Waals surface area contributed by atoms with E-state index in [1.165, 1.54) is 19.2 Å². The average Bonchev–Trinajstić information content (AvgIpc) is 2.81. The molecule has 0 saturated carbocycles. The molecule has 2 aromatic rings. The number of hydrogen-bond acceptors (Lipinski definition) is 8. The van der Waals surface area contributed by atoms with Gasteiger partial charge in [-0.3, -0.25) is 4.18 Å². The minimum atomic E-state index is -4.21. The van der Waals surface area contributed by atoms with Crippen LogP contribution in [0, 0.1) is 6.92 Å². The standard InChI is InChI=1S/C21H23N3O7S/c1-13-8-10-15(11-9-13)32(25,26)31-19-17(23-24-22)21(27-2)29-16-12-28-20(30-18(16)19)14-6-4-3-5-7-14/h3-11,16-21H,12H2,1-2H3. The van der Waals surface area contributed by atoms with Crippen molar-refractivity contribution in [1.29, 1.82) is 0 Å². The van der Waals surface area contributed by atoms with E-state index in [1.54, 1.807) is 12.1 Å².